The molecule has 0 radical (unpaired) electrons. The van der Waals surface area contributed by atoms with Gasteiger partial charge in [-0.25, -0.2) is 0 Å². The van der Waals surface area contributed by atoms with Crippen LogP contribution in [0.4, 0.5) is 0 Å². The molecule has 0 aromatic heterocycles. The highest BCUT2D eigenvalue weighted by Crippen LogP contribution is 2.25. The molecule has 10 nitrogen and oxygen atoms in total. The summed E-state index contributed by atoms with van der Waals surface area (Å²) in [6.07, 6.45) is -7.35. The third-order valence-electron chi connectivity index (χ3n) is 4.63. The molecule has 1 aliphatic heterocycles. The number of methoxy groups -OCH3 is 1. The quantitative estimate of drug-likeness (QED) is 0.185. The van der Waals surface area contributed by atoms with Crippen LogP contribution >= 0.6 is 0 Å². The largest absolute Gasteiger partial charge is 0.392 e. The molecule has 9 unspecified atom stereocenters. The second-order valence-electron chi connectivity index (χ2n) is 6.21. The molecule has 2 aliphatic rings. The van der Waals surface area contributed by atoms with Crippen LogP contribution in [0.3, 0.4) is 0 Å². The Kier molecular flexibility index (Phi) is 7.02. The maximum absolute atomic E-state index is 10.4. The molecule has 1 aliphatic carbocycles. The summed E-state index contributed by atoms with van der Waals surface area (Å²) in [5.41, 5.74) is 0.134. The Hall–Kier alpha value is -0.950. The van der Waals surface area contributed by atoms with Gasteiger partial charge in [-0.2, -0.15) is 0 Å². The molecule has 0 saturated carbocycles. The fourth-order valence-electron chi connectivity index (χ4n) is 3.18. The van der Waals surface area contributed by atoms with Gasteiger partial charge >= 0.3 is 0 Å². The third kappa shape index (κ3) is 4.08. The molecule has 0 spiro atoms. The van der Waals surface area contributed by atoms with E-state index in [-0.39, 0.29) is 12.1 Å². The van der Waals surface area contributed by atoms with E-state index in [0.29, 0.717) is 0 Å². The van der Waals surface area contributed by atoms with Gasteiger partial charge in [-0.3, -0.25) is 4.99 Å². The average Bonchev–Trinajstić information content (AvgIpc) is 2.61. The normalized spacial score (nSPS) is 45.1. The van der Waals surface area contributed by atoms with E-state index in [1.165, 1.54) is 13.2 Å². The van der Waals surface area contributed by atoms with Crippen molar-refractivity contribution in [1.29, 1.82) is 0 Å². The molecule has 2 rings (SSSR count). The lowest BCUT2D eigenvalue weighted by Crippen LogP contribution is -2.67. The van der Waals surface area contributed by atoms with Crippen LogP contribution in [0, 0.1) is 0 Å². The van der Waals surface area contributed by atoms with E-state index in [4.69, 9.17) is 9.47 Å². The van der Waals surface area contributed by atoms with Crippen molar-refractivity contribution in [3.63, 3.8) is 0 Å². The van der Waals surface area contributed by atoms with Crippen LogP contribution in [0.15, 0.2) is 16.6 Å². The Labute approximate surface area is 145 Å². The average molecular weight is 362 g/mol. The first kappa shape index (κ1) is 20.4. The lowest BCUT2D eigenvalue weighted by Gasteiger charge is -2.45. The van der Waals surface area contributed by atoms with E-state index in [1.807, 2.05) is 0 Å². The van der Waals surface area contributed by atoms with Crippen molar-refractivity contribution in [3.05, 3.63) is 11.6 Å². The van der Waals surface area contributed by atoms with Crippen molar-refractivity contribution >= 4 is 6.72 Å². The maximum atomic E-state index is 10.4. The van der Waals surface area contributed by atoms with E-state index in [9.17, 15) is 30.6 Å². The molecule has 0 aromatic carbocycles. The predicted molar refractivity (Wildman–Crippen MR) is 86.0 cm³/mol. The monoisotopic (exact) mass is 362 g/mol. The van der Waals surface area contributed by atoms with E-state index in [2.05, 4.69) is 17.0 Å². The highest BCUT2D eigenvalue weighted by Gasteiger charge is 2.47. The predicted octanol–water partition coefficient (Wildman–Crippen LogP) is -3.88. The molecule has 1 heterocycles. The van der Waals surface area contributed by atoms with Gasteiger partial charge in [0.2, 0.25) is 0 Å². The number of ether oxygens (including phenoxy) is 2. The van der Waals surface area contributed by atoms with Crippen molar-refractivity contribution in [1.82, 2.24) is 5.32 Å². The third-order valence-corrected chi connectivity index (χ3v) is 4.63. The van der Waals surface area contributed by atoms with Gasteiger partial charge in [-0.15, -0.1) is 0 Å². The zero-order valence-electron chi connectivity index (χ0n) is 13.8. The summed E-state index contributed by atoms with van der Waals surface area (Å²) in [5, 5.41) is 62.6. The molecular weight excluding hydrogens is 336 g/mol. The summed E-state index contributed by atoms with van der Waals surface area (Å²) in [6, 6.07) is -1.77. The Bertz CT molecular complexity index is 490. The number of aliphatic imine (C=N–C) groups is 1. The van der Waals surface area contributed by atoms with Gasteiger partial charge in [0.05, 0.1) is 31.3 Å². The van der Waals surface area contributed by atoms with Crippen LogP contribution in [0.25, 0.3) is 0 Å². The molecule has 144 valence electrons. The number of hydrogen-bond acceptors (Lipinski definition) is 10. The number of nitrogens with one attached hydrogen (secondary N) is 1. The maximum Gasteiger partial charge on any atom is 0.186 e. The summed E-state index contributed by atoms with van der Waals surface area (Å²) >= 11 is 0. The highest BCUT2D eigenvalue weighted by molar-refractivity contribution is 5.24. The summed E-state index contributed by atoms with van der Waals surface area (Å²) in [6.45, 7) is 2.97. The molecule has 10 heteroatoms. The van der Waals surface area contributed by atoms with Crippen LogP contribution < -0.4 is 5.32 Å². The molecular formula is C15H26N2O8. The Balaban J connectivity index is 2.22. The Morgan fingerprint density at radius 3 is 2.40 bits per heavy atom. The zero-order chi connectivity index (χ0) is 18.7. The molecule has 0 aromatic rings. The smallest absolute Gasteiger partial charge is 0.186 e. The Morgan fingerprint density at radius 1 is 1.16 bits per heavy atom. The van der Waals surface area contributed by atoms with E-state index in [1.54, 1.807) is 0 Å². The standard InChI is InChI=1S/C15H26N2O8/c1-16-4-8-9(12(21)14(23)15(24-2)25-8)17-7-3-6(5-18)10(19)13(22)11(7)20/h3,7-15,17-23H,1,4-5H2,2H3. The van der Waals surface area contributed by atoms with Crippen molar-refractivity contribution in [2.45, 2.75) is 55.0 Å². The number of rotatable bonds is 6. The molecule has 25 heavy (non-hydrogen) atoms. The molecule has 0 amide bonds. The first-order valence-corrected chi connectivity index (χ1v) is 7.94. The minimum atomic E-state index is -1.51. The lowest BCUT2D eigenvalue weighted by atomic mass is 9.86. The first-order chi connectivity index (χ1) is 11.8. The van der Waals surface area contributed by atoms with Gasteiger partial charge < -0.3 is 45.4 Å². The van der Waals surface area contributed by atoms with Crippen LogP contribution in [-0.2, 0) is 9.47 Å². The second kappa shape index (κ2) is 8.62. The van der Waals surface area contributed by atoms with Gasteiger partial charge in [0.25, 0.3) is 0 Å². The van der Waals surface area contributed by atoms with Crippen LogP contribution in [0.2, 0.25) is 0 Å². The highest BCUT2D eigenvalue weighted by atomic mass is 16.7. The SMILES string of the molecule is C=NCC1OC(OC)C(O)C(O)C1NC1C=C(CO)C(O)C(O)C1O. The first-order valence-electron chi connectivity index (χ1n) is 7.94. The second-order valence-corrected chi connectivity index (χ2v) is 6.21. The summed E-state index contributed by atoms with van der Waals surface area (Å²) in [5.74, 6) is 0. The van der Waals surface area contributed by atoms with Gasteiger partial charge in [-0.05, 0) is 12.3 Å². The summed E-state index contributed by atoms with van der Waals surface area (Å²) in [7, 11) is 1.33. The molecule has 1 saturated heterocycles. The van der Waals surface area contributed by atoms with Crippen LogP contribution in [0.5, 0.6) is 0 Å². The fraction of sp³-hybridized carbons (Fsp3) is 0.800. The van der Waals surface area contributed by atoms with Gasteiger partial charge in [0.15, 0.2) is 6.29 Å². The fourth-order valence-corrected chi connectivity index (χ4v) is 3.18. The molecule has 7 N–H and O–H groups in total. The van der Waals surface area contributed by atoms with Crippen molar-refractivity contribution in [2.24, 2.45) is 4.99 Å². The lowest BCUT2D eigenvalue weighted by molar-refractivity contribution is -0.266. The zero-order valence-corrected chi connectivity index (χ0v) is 13.8. The summed E-state index contributed by atoms with van der Waals surface area (Å²) < 4.78 is 10.5. The molecule has 9 atom stereocenters. The van der Waals surface area contributed by atoms with E-state index in [0.717, 1.165) is 0 Å². The van der Waals surface area contributed by atoms with E-state index >= 15 is 0 Å². The van der Waals surface area contributed by atoms with E-state index < -0.39 is 61.6 Å². The summed E-state index contributed by atoms with van der Waals surface area (Å²) in [4.78, 5) is 3.74. The molecule has 1 fully saturated rings. The number of aliphatic hydroxyl groups is 6. The van der Waals surface area contributed by atoms with Gasteiger partial charge in [0.1, 0.15) is 30.5 Å². The molecule has 0 bridgehead atoms. The number of aliphatic hydroxyl groups excluding tert-OH is 6. The van der Waals surface area contributed by atoms with Gasteiger partial charge in [0, 0.05) is 7.11 Å². The number of hydrogen-bond donors (Lipinski definition) is 7. The van der Waals surface area contributed by atoms with Crippen molar-refractivity contribution in [2.75, 3.05) is 20.3 Å². The van der Waals surface area contributed by atoms with Crippen molar-refractivity contribution < 1.29 is 40.1 Å². The number of nitrogens with zero attached hydrogens (tertiary/aromatic N) is 1. The Morgan fingerprint density at radius 2 is 1.84 bits per heavy atom. The van der Waals surface area contributed by atoms with Gasteiger partial charge in [-0.1, -0.05) is 6.08 Å². The topological polar surface area (TPSA) is 164 Å². The minimum absolute atomic E-state index is 0.0892. The van der Waals surface area contributed by atoms with Crippen LogP contribution in [0.1, 0.15) is 0 Å². The van der Waals surface area contributed by atoms with Crippen molar-refractivity contribution in [3.8, 4) is 0 Å². The van der Waals surface area contributed by atoms with Crippen LogP contribution in [-0.4, -0.2) is 113 Å². The minimum Gasteiger partial charge on any atom is -0.392 e.